The summed E-state index contributed by atoms with van der Waals surface area (Å²) in [5.74, 6) is 0. The first-order valence-electron chi connectivity index (χ1n) is 5.22. The highest BCUT2D eigenvalue weighted by molar-refractivity contribution is 4.96. The Morgan fingerprint density at radius 1 is 1.46 bits per heavy atom. The first-order chi connectivity index (χ1) is 6.24. The zero-order valence-electron chi connectivity index (χ0n) is 8.79. The third-order valence-corrected chi connectivity index (χ3v) is 2.69. The van der Waals surface area contributed by atoms with Crippen molar-refractivity contribution in [2.24, 2.45) is 0 Å². The highest BCUT2D eigenvalue weighted by atomic mass is 16.3. The zero-order valence-corrected chi connectivity index (χ0v) is 8.79. The molecule has 0 aliphatic carbocycles. The van der Waals surface area contributed by atoms with E-state index in [0.717, 1.165) is 19.5 Å². The Morgan fingerprint density at radius 2 is 2.23 bits per heavy atom. The van der Waals surface area contributed by atoms with Gasteiger partial charge in [-0.3, -0.25) is 4.90 Å². The van der Waals surface area contributed by atoms with Gasteiger partial charge in [0.1, 0.15) is 0 Å². The van der Waals surface area contributed by atoms with Crippen LogP contribution < -0.4 is 0 Å². The molecule has 1 heterocycles. The number of piperidine rings is 1. The summed E-state index contributed by atoms with van der Waals surface area (Å²) >= 11 is 0. The number of aliphatic hydroxyl groups is 1. The molecule has 1 aliphatic heterocycles. The number of hydrogen-bond acceptors (Lipinski definition) is 2. The van der Waals surface area contributed by atoms with Crippen molar-refractivity contribution >= 4 is 0 Å². The molecule has 1 rings (SSSR count). The van der Waals surface area contributed by atoms with Gasteiger partial charge in [-0.05, 0) is 33.2 Å². The van der Waals surface area contributed by atoms with E-state index in [2.05, 4.69) is 24.8 Å². The number of nitrogens with zero attached hydrogens (tertiary/aromatic N) is 1. The Balaban J connectivity index is 2.40. The standard InChI is InChI=1S/C11H21NO/c1-10(2)6-8-12-7-4-3-5-11(12)9-13/h6,11,13H,3-5,7-9H2,1-2H3. The number of aliphatic hydroxyl groups excluding tert-OH is 1. The molecule has 1 fully saturated rings. The van der Waals surface area contributed by atoms with Crippen molar-refractivity contribution < 1.29 is 5.11 Å². The monoisotopic (exact) mass is 183 g/mol. The Labute approximate surface area is 81.2 Å². The van der Waals surface area contributed by atoms with Crippen molar-refractivity contribution in [2.45, 2.75) is 39.2 Å². The van der Waals surface area contributed by atoms with E-state index in [4.69, 9.17) is 5.11 Å². The van der Waals surface area contributed by atoms with Gasteiger partial charge in [0.2, 0.25) is 0 Å². The molecule has 1 unspecified atom stereocenters. The first-order valence-corrected chi connectivity index (χ1v) is 5.22. The van der Waals surface area contributed by atoms with Crippen molar-refractivity contribution in [3.63, 3.8) is 0 Å². The molecule has 0 amide bonds. The van der Waals surface area contributed by atoms with E-state index in [1.54, 1.807) is 0 Å². The summed E-state index contributed by atoms with van der Waals surface area (Å²) in [4.78, 5) is 2.39. The summed E-state index contributed by atoms with van der Waals surface area (Å²) in [5.41, 5.74) is 1.36. The summed E-state index contributed by atoms with van der Waals surface area (Å²) in [6, 6.07) is 0.407. The summed E-state index contributed by atoms with van der Waals surface area (Å²) in [6.45, 7) is 6.72. The second-order valence-corrected chi connectivity index (χ2v) is 4.11. The van der Waals surface area contributed by atoms with Crippen LogP contribution in [0.2, 0.25) is 0 Å². The van der Waals surface area contributed by atoms with E-state index in [-0.39, 0.29) is 0 Å². The van der Waals surface area contributed by atoms with Gasteiger partial charge >= 0.3 is 0 Å². The highest BCUT2D eigenvalue weighted by Gasteiger charge is 2.19. The van der Waals surface area contributed by atoms with Gasteiger partial charge in [-0.2, -0.15) is 0 Å². The minimum Gasteiger partial charge on any atom is -0.395 e. The summed E-state index contributed by atoms with van der Waals surface area (Å²) in [5, 5.41) is 9.16. The van der Waals surface area contributed by atoms with Crippen LogP contribution in [0.5, 0.6) is 0 Å². The van der Waals surface area contributed by atoms with E-state index < -0.39 is 0 Å². The molecule has 76 valence electrons. The minimum atomic E-state index is 0.316. The van der Waals surface area contributed by atoms with E-state index in [1.807, 2.05) is 0 Å². The highest BCUT2D eigenvalue weighted by Crippen LogP contribution is 2.16. The molecule has 0 saturated carbocycles. The lowest BCUT2D eigenvalue weighted by molar-refractivity contribution is 0.101. The van der Waals surface area contributed by atoms with E-state index in [1.165, 1.54) is 18.4 Å². The van der Waals surface area contributed by atoms with Gasteiger partial charge in [0.25, 0.3) is 0 Å². The van der Waals surface area contributed by atoms with Crippen molar-refractivity contribution in [3.05, 3.63) is 11.6 Å². The van der Waals surface area contributed by atoms with Gasteiger partial charge in [0, 0.05) is 12.6 Å². The van der Waals surface area contributed by atoms with Crippen molar-refractivity contribution in [1.82, 2.24) is 4.90 Å². The molecule has 0 spiro atoms. The maximum absolute atomic E-state index is 9.16. The van der Waals surface area contributed by atoms with Gasteiger partial charge in [-0.15, -0.1) is 0 Å². The van der Waals surface area contributed by atoms with Gasteiger partial charge in [-0.25, -0.2) is 0 Å². The molecule has 0 bridgehead atoms. The molecule has 0 aromatic heterocycles. The summed E-state index contributed by atoms with van der Waals surface area (Å²) in [7, 11) is 0. The lowest BCUT2D eigenvalue weighted by Crippen LogP contribution is -2.41. The van der Waals surface area contributed by atoms with Crippen LogP contribution in [-0.4, -0.2) is 35.7 Å². The van der Waals surface area contributed by atoms with Gasteiger partial charge in [0.05, 0.1) is 6.61 Å². The Kier molecular flexibility index (Phi) is 4.46. The van der Waals surface area contributed by atoms with Crippen LogP contribution in [0.1, 0.15) is 33.1 Å². The maximum Gasteiger partial charge on any atom is 0.0586 e. The Morgan fingerprint density at radius 3 is 2.85 bits per heavy atom. The number of likely N-dealkylation sites (tertiary alicyclic amines) is 1. The lowest BCUT2D eigenvalue weighted by atomic mass is 10.0. The smallest absolute Gasteiger partial charge is 0.0586 e. The Bertz CT molecular complexity index is 173. The molecule has 0 aromatic rings. The molecule has 2 heteroatoms. The van der Waals surface area contributed by atoms with Crippen LogP contribution in [0, 0.1) is 0 Å². The van der Waals surface area contributed by atoms with Gasteiger partial charge in [0.15, 0.2) is 0 Å². The molecule has 1 aliphatic rings. The molecular formula is C11H21NO. The number of hydrogen-bond donors (Lipinski definition) is 1. The predicted octanol–water partition coefficient (Wildman–Crippen LogP) is 1.80. The largest absolute Gasteiger partial charge is 0.395 e. The quantitative estimate of drug-likeness (QED) is 0.674. The van der Waals surface area contributed by atoms with Gasteiger partial charge in [-0.1, -0.05) is 18.1 Å². The molecule has 0 aromatic carbocycles. The van der Waals surface area contributed by atoms with Gasteiger partial charge < -0.3 is 5.11 Å². The van der Waals surface area contributed by atoms with Crippen LogP contribution in [0.25, 0.3) is 0 Å². The minimum absolute atomic E-state index is 0.316. The van der Waals surface area contributed by atoms with Crippen LogP contribution in [0.4, 0.5) is 0 Å². The molecule has 0 radical (unpaired) electrons. The average Bonchev–Trinajstić information content (AvgIpc) is 2.15. The number of allylic oxidation sites excluding steroid dienone is 1. The predicted molar refractivity (Wildman–Crippen MR) is 55.7 cm³/mol. The first kappa shape index (κ1) is 10.7. The SMILES string of the molecule is CC(C)=CCN1CCCCC1CO. The maximum atomic E-state index is 9.16. The fourth-order valence-corrected chi connectivity index (χ4v) is 1.81. The third-order valence-electron chi connectivity index (χ3n) is 2.69. The molecule has 1 saturated heterocycles. The van der Waals surface area contributed by atoms with E-state index >= 15 is 0 Å². The second-order valence-electron chi connectivity index (χ2n) is 4.11. The third kappa shape index (κ3) is 3.49. The normalized spacial score (nSPS) is 24.4. The Hall–Kier alpha value is -0.340. The topological polar surface area (TPSA) is 23.5 Å². The van der Waals surface area contributed by atoms with Crippen molar-refractivity contribution in [3.8, 4) is 0 Å². The number of rotatable bonds is 3. The lowest BCUT2D eigenvalue weighted by Gasteiger charge is -2.33. The van der Waals surface area contributed by atoms with Crippen LogP contribution in [0.3, 0.4) is 0 Å². The zero-order chi connectivity index (χ0) is 9.68. The molecule has 1 N–H and O–H groups in total. The fourth-order valence-electron chi connectivity index (χ4n) is 1.81. The van der Waals surface area contributed by atoms with E-state index in [9.17, 15) is 0 Å². The molecule has 1 atom stereocenters. The average molecular weight is 183 g/mol. The molecular weight excluding hydrogens is 162 g/mol. The second kappa shape index (κ2) is 5.40. The van der Waals surface area contributed by atoms with E-state index in [0.29, 0.717) is 12.6 Å². The van der Waals surface area contributed by atoms with Crippen molar-refractivity contribution in [1.29, 1.82) is 0 Å². The molecule has 13 heavy (non-hydrogen) atoms. The van der Waals surface area contributed by atoms with Crippen molar-refractivity contribution in [2.75, 3.05) is 19.7 Å². The summed E-state index contributed by atoms with van der Waals surface area (Å²) in [6.07, 6.45) is 5.96. The van der Waals surface area contributed by atoms with Crippen LogP contribution in [-0.2, 0) is 0 Å². The van der Waals surface area contributed by atoms with Crippen LogP contribution >= 0.6 is 0 Å². The fraction of sp³-hybridized carbons (Fsp3) is 0.818. The summed E-state index contributed by atoms with van der Waals surface area (Å²) < 4.78 is 0. The van der Waals surface area contributed by atoms with Crippen LogP contribution in [0.15, 0.2) is 11.6 Å². The molecule has 2 nitrogen and oxygen atoms in total.